The van der Waals surface area contributed by atoms with Gasteiger partial charge in [-0.25, -0.2) is 27.6 Å². The molecule has 0 saturated carbocycles. The van der Waals surface area contributed by atoms with Crippen LogP contribution in [0, 0.1) is 0 Å². The van der Waals surface area contributed by atoms with Crippen LogP contribution < -0.4 is 47.7 Å². The Labute approximate surface area is 750 Å². The molecule has 2 heterocycles. The number of anilines is 7. The molecule has 10 N–H and O–H groups in total. The van der Waals surface area contributed by atoms with Gasteiger partial charge in [-0.2, -0.15) is 9.80 Å². The molecule has 0 radical (unpaired) electrons. The number of sulfonamides is 1. The van der Waals surface area contributed by atoms with Gasteiger partial charge in [-0.15, -0.1) is 10.2 Å². The number of fused-ring (bicyclic) bond motifs is 1. The predicted molar refractivity (Wildman–Crippen MR) is 493 cm³/mol. The molecule has 6 amide bonds. The molecule has 1 aliphatic heterocycles. The number of hydrazine groups is 2. The Bertz CT molecular complexity index is 5570. The number of phenolic OH excluding ortho intramolecular Hbond substituents is 1. The number of hydrogen-bond acceptors (Lipinski definition) is 24. The highest BCUT2D eigenvalue weighted by Crippen LogP contribution is 2.42. The van der Waals surface area contributed by atoms with Gasteiger partial charge in [0, 0.05) is 56.3 Å². The van der Waals surface area contributed by atoms with Crippen molar-refractivity contribution < 1.29 is 66.1 Å². The summed E-state index contributed by atoms with van der Waals surface area (Å²) in [6.07, 6.45) is 22.9. The molecule has 0 saturated heterocycles. The van der Waals surface area contributed by atoms with Crippen molar-refractivity contribution in [2.24, 2.45) is 15.4 Å². The summed E-state index contributed by atoms with van der Waals surface area (Å²) in [5, 5.41) is 49.7. The van der Waals surface area contributed by atoms with Gasteiger partial charge in [-0.1, -0.05) is 225 Å². The van der Waals surface area contributed by atoms with E-state index in [-0.39, 0.29) is 68.2 Å². The lowest BCUT2D eigenvalue weighted by atomic mass is 10.0. The number of nitrogens with zero attached hydrogens (tertiary/aromatic N) is 7. The summed E-state index contributed by atoms with van der Waals surface area (Å²) in [5.41, 5.74) is 15.6. The number of halogens is 2. The smallest absolute Gasteiger partial charge is 0.347 e. The summed E-state index contributed by atoms with van der Waals surface area (Å²) in [6.45, 7) is 7.90. The summed E-state index contributed by atoms with van der Waals surface area (Å²) >= 11 is 15.5. The fourth-order valence-corrected chi connectivity index (χ4v) is 16.6. The molecule has 662 valence electrons. The molecule has 10 aromatic rings. The van der Waals surface area contributed by atoms with Gasteiger partial charge in [-0.3, -0.25) is 45.6 Å². The topological polar surface area (TPSA) is 408 Å². The number of esters is 3. The lowest BCUT2D eigenvalue weighted by molar-refractivity contribution is -0.153. The number of phenols is 1. The molecule has 0 aliphatic carbocycles. The van der Waals surface area contributed by atoms with Crippen LogP contribution in [0.15, 0.2) is 218 Å². The Morgan fingerprint density at radius 3 is 1.81 bits per heavy atom. The first kappa shape index (κ1) is 95.8. The highest BCUT2D eigenvalue weighted by atomic mass is 35.5. The first-order valence-corrected chi connectivity index (χ1v) is 45.8. The Hall–Kier alpha value is -12.4. The number of nitrogens with one attached hydrogen (secondary N) is 9. The maximum atomic E-state index is 14.0. The molecular formula is C91H102Cl2N16O14S3. The zero-order chi connectivity index (χ0) is 89.6. The third-order valence-corrected chi connectivity index (χ3v) is 23.9. The predicted octanol–water partition coefficient (Wildman–Crippen LogP) is 21.0. The van der Waals surface area contributed by atoms with Crippen LogP contribution in [0.3, 0.4) is 0 Å². The number of carbonyl (C=O) groups excluding carboxylic acids is 8. The molecule has 35 heteroatoms. The zero-order valence-electron chi connectivity index (χ0n) is 70.3. The van der Waals surface area contributed by atoms with Crippen molar-refractivity contribution >= 4 is 160 Å². The third kappa shape index (κ3) is 29.9. The van der Waals surface area contributed by atoms with Gasteiger partial charge >= 0.3 is 23.9 Å². The average molecular weight is 1810 g/mol. The fraction of sp³-hybridized carbons (Fsp3) is 0.319. The van der Waals surface area contributed by atoms with E-state index in [1.165, 1.54) is 176 Å². The molecule has 1 aromatic heterocycles. The number of thioether (sulfide) groups is 2. The molecule has 9 aromatic carbocycles. The fourth-order valence-electron chi connectivity index (χ4n) is 13.1. The minimum atomic E-state index is -4.06. The third-order valence-electron chi connectivity index (χ3n) is 19.8. The van der Waals surface area contributed by atoms with Crippen LogP contribution in [0.4, 0.5) is 44.6 Å². The number of benzene rings is 9. The standard InChI is InChI=1S/C55H58ClN9O10S2.C36H44ClN7O4S/c1-3-4-5-6-7-8-9-10-11-14-29-74-53(69)35(2)75-54(70)37-23-28-46(56)47(31-37)60-51(68)45-33-48(43-21-12-13-22-44(43)50(45)67)76-52-49(62-65-63-52)36-17-15-18-40(30-36)58-55(71)59-41-19-16-20-42(32-41)77(72,73)64-39-26-24-38(25-27-39)61-57-34-66;1-3-4-5-6-7-8-9-10-11-12-22-48-35(47)28-16-21-33(37)29(23-28)25-49-36-41-42-43-44(36)32-15-13-14-27(24-32)34(46)38-30-17-19-31(20-18-30)40-39-26(2)45/h12-13,15-28,30-35,49,61,64,67H,3-11,14,29H2,1-2H3,(H,57,66)(H,60,68)(H2,58,59,71);13-21,23-24,40H,3-12,22,25H2,1-2H3,(H,38,46)(H,39,45). The Morgan fingerprint density at radius 1 is 0.563 bits per heavy atom. The summed E-state index contributed by atoms with van der Waals surface area (Å²) in [4.78, 5) is 101. The first-order valence-electron chi connectivity index (χ1n) is 41.7. The number of aromatic nitrogens is 4. The maximum absolute atomic E-state index is 14.0. The van der Waals surface area contributed by atoms with Crippen LogP contribution in [0.2, 0.25) is 10.0 Å². The number of aromatic hydroxyl groups is 1. The van der Waals surface area contributed by atoms with E-state index in [9.17, 15) is 51.9 Å². The Kier molecular flexibility index (Phi) is 37.9. The maximum Gasteiger partial charge on any atom is 0.347 e. The van der Waals surface area contributed by atoms with Crippen LogP contribution in [-0.2, 0) is 44.4 Å². The van der Waals surface area contributed by atoms with E-state index in [2.05, 4.69) is 92.5 Å². The van der Waals surface area contributed by atoms with Crippen molar-refractivity contribution in [2.75, 3.05) is 50.1 Å². The molecule has 0 bridgehead atoms. The van der Waals surface area contributed by atoms with Crippen molar-refractivity contribution in [3.8, 4) is 11.4 Å². The second-order valence-corrected chi connectivity index (χ2v) is 34.0. The van der Waals surface area contributed by atoms with E-state index in [1.807, 2.05) is 0 Å². The van der Waals surface area contributed by atoms with Gasteiger partial charge in [-0.05, 0) is 191 Å². The monoisotopic (exact) mass is 1810 g/mol. The van der Waals surface area contributed by atoms with E-state index < -0.39 is 46.0 Å². The van der Waals surface area contributed by atoms with E-state index in [1.54, 1.807) is 132 Å². The second-order valence-electron chi connectivity index (χ2n) is 29.5. The number of tetrazole rings is 1. The van der Waals surface area contributed by atoms with Crippen molar-refractivity contribution in [3.05, 3.63) is 231 Å². The van der Waals surface area contributed by atoms with Gasteiger partial charge in [0.05, 0.1) is 62.6 Å². The normalized spacial score (nSPS) is 12.3. The highest BCUT2D eigenvalue weighted by Gasteiger charge is 2.29. The van der Waals surface area contributed by atoms with Gasteiger partial charge in [0.15, 0.2) is 6.10 Å². The van der Waals surface area contributed by atoms with Crippen LogP contribution in [0.5, 0.6) is 5.75 Å². The lowest BCUT2D eigenvalue weighted by Crippen LogP contribution is -2.26. The Morgan fingerprint density at radius 2 is 1.15 bits per heavy atom. The molecule has 1 aliphatic rings. The molecule has 2 atom stereocenters. The number of rotatable bonds is 46. The quantitative estimate of drug-likeness (QED) is 0.00423. The number of hydrogen-bond donors (Lipinski definition) is 10. The van der Waals surface area contributed by atoms with Crippen molar-refractivity contribution in [2.45, 2.75) is 189 Å². The molecule has 30 nitrogen and oxygen atoms in total. The number of ether oxygens (including phenoxy) is 3. The molecule has 0 fully saturated rings. The SMILES string of the molecule is CCCCCCCCCCCCOC(=O)C(C)OC(=O)c1ccc(Cl)c(NC(=O)c2cc(SC3=NN=NC3c3cccc(NC(=O)Nc4cccc(S(=O)(=O)Nc5ccc(NNC=O)cc5)c4)c3)c3ccccc3c2O)c1.CCCCCCCCCCCCOC(=O)c1ccc(Cl)c(CSc2nnnn2-c2cccc(C(=O)Nc3ccc(NNC(C)=O)cc3)c2)c1. The summed E-state index contributed by atoms with van der Waals surface area (Å²) < 4.78 is 46.8. The summed E-state index contributed by atoms with van der Waals surface area (Å²) in [6, 6.07) is 48.8. The zero-order valence-corrected chi connectivity index (χ0v) is 74.2. The number of amides is 6. The van der Waals surface area contributed by atoms with Crippen LogP contribution in [0.1, 0.15) is 215 Å². The molecule has 126 heavy (non-hydrogen) atoms. The molecule has 11 rings (SSSR count). The van der Waals surface area contributed by atoms with E-state index in [0.29, 0.717) is 101 Å². The minimum Gasteiger partial charge on any atom is -0.506 e. The van der Waals surface area contributed by atoms with Crippen molar-refractivity contribution in [1.29, 1.82) is 0 Å². The van der Waals surface area contributed by atoms with Crippen molar-refractivity contribution in [3.63, 3.8) is 0 Å². The van der Waals surface area contributed by atoms with Crippen molar-refractivity contribution in [1.82, 2.24) is 31.1 Å². The summed E-state index contributed by atoms with van der Waals surface area (Å²) in [5.74, 6) is -3.05. The second kappa shape index (κ2) is 49.9. The van der Waals surface area contributed by atoms with Gasteiger partial charge in [0.25, 0.3) is 21.8 Å². The number of unbranched alkanes of at least 4 members (excludes halogenated alkanes) is 18. The molecular weight excluding hydrogens is 1710 g/mol. The van der Waals surface area contributed by atoms with Crippen LogP contribution >= 0.6 is 46.7 Å². The Balaban J connectivity index is 0.000000291. The largest absolute Gasteiger partial charge is 0.506 e. The summed E-state index contributed by atoms with van der Waals surface area (Å²) in [7, 11) is -4.06. The number of carbonyl (C=O) groups is 8. The molecule has 0 spiro atoms. The van der Waals surface area contributed by atoms with Gasteiger partial charge in [0.1, 0.15) is 16.8 Å². The lowest BCUT2D eigenvalue weighted by Gasteiger charge is -2.16. The van der Waals surface area contributed by atoms with E-state index in [4.69, 9.17) is 37.4 Å². The average Bonchev–Trinajstić information content (AvgIpc) is 0.970. The molecule has 2 unspecified atom stereocenters. The van der Waals surface area contributed by atoms with Crippen LogP contribution in [-0.4, -0.2) is 106 Å². The van der Waals surface area contributed by atoms with E-state index in [0.717, 1.165) is 49.4 Å². The number of urea groups is 1. The van der Waals surface area contributed by atoms with Gasteiger partial charge in [0.2, 0.25) is 17.5 Å². The van der Waals surface area contributed by atoms with Crippen LogP contribution in [0.25, 0.3) is 16.5 Å². The minimum absolute atomic E-state index is 0.00682. The van der Waals surface area contributed by atoms with E-state index >= 15 is 0 Å². The highest BCUT2D eigenvalue weighted by molar-refractivity contribution is 8.14. The first-order chi connectivity index (χ1) is 61.1. The van der Waals surface area contributed by atoms with Gasteiger partial charge < -0.3 is 40.6 Å².